The highest BCUT2D eigenvalue weighted by molar-refractivity contribution is 14.0. The number of alkyl halides is 3. The van der Waals surface area contributed by atoms with E-state index >= 15 is 0 Å². The van der Waals surface area contributed by atoms with E-state index in [4.69, 9.17) is 4.74 Å². The maximum atomic E-state index is 13.1. The molecule has 0 spiro atoms. The molecular weight excluding hydrogens is 486 g/mol. The van der Waals surface area contributed by atoms with Crippen LogP contribution in [0.2, 0.25) is 0 Å². The molecule has 0 saturated carbocycles. The van der Waals surface area contributed by atoms with Crippen molar-refractivity contribution < 1.29 is 17.9 Å². The molecule has 1 aromatic heterocycles. The van der Waals surface area contributed by atoms with Gasteiger partial charge in [-0.15, -0.1) is 24.0 Å². The third-order valence-electron chi connectivity index (χ3n) is 3.81. The van der Waals surface area contributed by atoms with Crippen LogP contribution >= 0.6 is 24.0 Å². The van der Waals surface area contributed by atoms with E-state index in [0.717, 1.165) is 21.6 Å². The Morgan fingerprint density at radius 1 is 1.25 bits per heavy atom. The van der Waals surface area contributed by atoms with E-state index in [1.165, 1.54) is 13.2 Å². The molecule has 0 aliphatic heterocycles. The Kier molecular flexibility index (Phi) is 9.05. The lowest BCUT2D eigenvalue weighted by Crippen LogP contribution is -2.36. The fourth-order valence-corrected chi connectivity index (χ4v) is 2.57. The normalized spacial score (nSPS) is 11.8. The summed E-state index contributed by atoms with van der Waals surface area (Å²) in [5, 5.41) is 9.64. The van der Waals surface area contributed by atoms with E-state index in [9.17, 15) is 13.2 Å². The second-order valence-electron chi connectivity index (χ2n) is 6.04. The molecule has 1 aromatic carbocycles. The summed E-state index contributed by atoms with van der Waals surface area (Å²) in [5.41, 5.74) is 1.11. The first kappa shape index (κ1) is 24.1. The molecule has 0 bridgehead atoms. The number of nitrogens with zero attached hydrogens (tertiary/aromatic N) is 3. The average molecular weight is 511 g/mol. The Bertz CT molecular complexity index is 805. The molecule has 0 aliphatic rings. The van der Waals surface area contributed by atoms with Gasteiger partial charge in [0, 0.05) is 37.5 Å². The molecule has 1 heterocycles. The Morgan fingerprint density at radius 2 is 1.96 bits per heavy atom. The Hall–Kier alpha value is -1.98. The predicted octanol–water partition coefficient (Wildman–Crippen LogP) is 3.63. The molecule has 0 fully saturated rings. The van der Waals surface area contributed by atoms with Gasteiger partial charge in [0.15, 0.2) is 11.7 Å². The molecule has 0 unspecified atom stereocenters. The van der Waals surface area contributed by atoms with Gasteiger partial charge in [0.25, 0.3) is 0 Å². The van der Waals surface area contributed by atoms with Crippen molar-refractivity contribution in [2.24, 2.45) is 12.0 Å². The van der Waals surface area contributed by atoms with Crippen LogP contribution in [0.4, 0.5) is 13.2 Å². The summed E-state index contributed by atoms with van der Waals surface area (Å²) >= 11 is 0. The number of guanidine groups is 1. The Morgan fingerprint density at radius 3 is 2.57 bits per heavy atom. The number of hydrogen-bond donors (Lipinski definition) is 2. The standard InChI is InChI=1S/C18H24F3N5O.HI/c1-5-22-17(23-9-13-7-6-12(2)8-15(13)27-4)24-10-14-11-26(3)25-16(14)18(19,20)21;/h6-8,11H,5,9-10H2,1-4H3,(H2,22,23,24);1H. The minimum absolute atomic E-state index is 0. The maximum absolute atomic E-state index is 13.1. The summed E-state index contributed by atoms with van der Waals surface area (Å²) in [5.74, 6) is 1.15. The quantitative estimate of drug-likeness (QED) is 0.354. The first-order chi connectivity index (χ1) is 12.7. The number of aliphatic imine (C=N–C) groups is 1. The molecule has 0 atom stereocenters. The van der Waals surface area contributed by atoms with Gasteiger partial charge in [-0.3, -0.25) is 4.68 Å². The smallest absolute Gasteiger partial charge is 0.435 e. The molecule has 2 rings (SSSR count). The molecule has 6 nitrogen and oxygen atoms in total. The molecule has 2 aromatic rings. The van der Waals surface area contributed by atoms with Crippen LogP contribution in [0.5, 0.6) is 5.75 Å². The lowest BCUT2D eigenvalue weighted by atomic mass is 10.1. The molecule has 0 aliphatic carbocycles. The number of rotatable bonds is 6. The lowest BCUT2D eigenvalue weighted by Gasteiger charge is -2.14. The van der Waals surface area contributed by atoms with Crippen LogP contribution in [-0.2, 0) is 26.3 Å². The zero-order valence-corrected chi connectivity index (χ0v) is 18.6. The van der Waals surface area contributed by atoms with Gasteiger partial charge in [-0.05, 0) is 25.5 Å². The van der Waals surface area contributed by atoms with Crippen molar-refractivity contribution in [3.05, 3.63) is 46.8 Å². The van der Waals surface area contributed by atoms with Gasteiger partial charge < -0.3 is 15.4 Å². The fraction of sp³-hybridized carbons (Fsp3) is 0.444. The summed E-state index contributed by atoms with van der Waals surface area (Å²) in [7, 11) is 3.05. The highest BCUT2D eigenvalue weighted by Crippen LogP contribution is 2.30. The van der Waals surface area contributed by atoms with Gasteiger partial charge in [0.05, 0.1) is 13.7 Å². The number of hydrogen-bond acceptors (Lipinski definition) is 3. The zero-order valence-electron chi connectivity index (χ0n) is 16.2. The zero-order chi connectivity index (χ0) is 20.0. The number of nitrogens with one attached hydrogen (secondary N) is 2. The van der Waals surface area contributed by atoms with Gasteiger partial charge in [-0.2, -0.15) is 18.3 Å². The summed E-state index contributed by atoms with van der Waals surface area (Å²) in [6.45, 7) is 4.72. The number of aromatic nitrogens is 2. The Labute approximate surface area is 179 Å². The van der Waals surface area contributed by atoms with Crippen LogP contribution in [0, 0.1) is 6.92 Å². The third kappa shape index (κ3) is 6.57. The number of benzene rings is 1. The summed E-state index contributed by atoms with van der Waals surface area (Å²) in [6.07, 6.45) is -3.17. The maximum Gasteiger partial charge on any atom is 0.435 e. The van der Waals surface area contributed by atoms with Gasteiger partial charge >= 0.3 is 6.18 Å². The lowest BCUT2D eigenvalue weighted by molar-refractivity contribution is -0.142. The largest absolute Gasteiger partial charge is 0.496 e. The van der Waals surface area contributed by atoms with Crippen LogP contribution in [0.25, 0.3) is 0 Å². The second kappa shape index (κ2) is 10.5. The highest BCUT2D eigenvalue weighted by Gasteiger charge is 2.36. The molecule has 0 saturated heterocycles. The van der Waals surface area contributed by atoms with Gasteiger partial charge in [0.2, 0.25) is 0 Å². The van der Waals surface area contributed by atoms with Crippen LogP contribution in [0.15, 0.2) is 29.4 Å². The summed E-state index contributed by atoms with van der Waals surface area (Å²) in [6, 6.07) is 5.83. The minimum Gasteiger partial charge on any atom is -0.496 e. The SMILES string of the molecule is CCNC(=NCc1cn(C)nc1C(F)(F)F)NCc1ccc(C)cc1OC.I. The number of halogens is 4. The highest BCUT2D eigenvalue weighted by atomic mass is 127. The van der Waals surface area contributed by atoms with Crippen molar-refractivity contribution in [1.29, 1.82) is 0 Å². The molecule has 0 radical (unpaired) electrons. The van der Waals surface area contributed by atoms with Crippen LogP contribution in [-0.4, -0.2) is 29.4 Å². The number of methoxy groups -OCH3 is 1. The van der Waals surface area contributed by atoms with Gasteiger partial charge in [-0.1, -0.05) is 12.1 Å². The Balaban J connectivity index is 0.00000392. The second-order valence-corrected chi connectivity index (χ2v) is 6.04. The topological polar surface area (TPSA) is 63.5 Å². The third-order valence-corrected chi connectivity index (χ3v) is 3.81. The summed E-state index contributed by atoms with van der Waals surface area (Å²) in [4.78, 5) is 4.26. The van der Waals surface area contributed by atoms with E-state index in [-0.39, 0.29) is 36.1 Å². The van der Waals surface area contributed by atoms with Crippen LogP contribution in [0.1, 0.15) is 29.3 Å². The van der Waals surface area contributed by atoms with Crippen molar-refractivity contribution in [3.63, 3.8) is 0 Å². The van der Waals surface area contributed by atoms with Crippen LogP contribution in [0.3, 0.4) is 0 Å². The molecule has 156 valence electrons. The average Bonchev–Trinajstić information content (AvgIpc) is 2.99. The number of ether oxygens (including phenoxy) is 1. The van der Waals surface area contributed by atoms with E-state index in [2.05, 4.69) is 20.7 Å². The first-order valence-corrected chi connectivity index (χ1v) is 8.50. The first-order valence-electron chi connectivity index (χ1n) is 8.50. The van der Waals surface area contributed by atoms with E-state index < -0.39 is 11.9 Å². The summed E-state index contributed by atoms with van der Waals surface area (Å²) < 4.78 is 45.7. The van der Waals surface area contributed by atoms with Gasteiger partial charge in [0.1, 0.15) is 5.75 Å². The molecule has 2 N–H and O–H groups in total. The van der Waals surface area contributed by atoms with Crippen molar-refractivity contribution >= 4 is 29.9 Å². The predicted molar refractivity (Wildman–Crippen MR) is 113 cm³/mol. The molecule has 10 heteroatoms. The van der Waals surface area contributed by atoms with Crippen molar-refractivity contribution in [2.75, 3.05) is 13.7 Å². The molecular formula is C18H25F3IN5O. The monoisotopic (exact) mass is 511 g/mol. The van der Waals surface area contributed by atoms with E-state index in [0.29, 0.717) is 19.0 Å². The van der Waals surface area contributed by atoms with E-state index in [1.54, 1.807) is 7.11 Å². The van der Waals surface area contributed by atoms with Crippen molar-refractivity contribution in [2.45, 2.75) is 33.1 Å². The van der Waals surface area contributed by atoms with Gasteiger partial charge in [-0.25, -0.2) is 4.99 Å². The minimum atomic E-state index is -4.51. The molecule has 0 amide bonds. The molecule has 28 heavy (non-hydrogen) atoms. The van der Waals surface area contributed by atoms with Crippen molar-refractivity contribution in [3.8, 4) is 5.75 Å². The van der Waals surface area contributed by atoms with E-state index in [1.807, 2.05) is 32.0 Å². The van der Waals surface area contributed by atoms with Crippen molar-refractivity contribution in [1.82, 2.24) is 20.4 Å². The van der Waals surface area contributed by atoms with Crippen LogP contribution < -0.4 is 15.4 Å². The fourth-order valence-electron chi connectivity index (χ4n) is 2.57. The number of aryl methyl sites for hydroxylation is 2.